The van der Waals surface area contributed by atoms with Crippen LogP contribution in [-0.2, 0) is 0 Å². The van der Waals surface area contributed by atoms with E-state index >= 15 is 0 Å². The Morgan fingerprint density at radius 3 is 2.20 bits per heavy atom. The van der Waals surface area contributed by atoms with Crippen LogP contribution in [0.5, 0.6) is 0 Å². The smallest absolute Gasteiger partial charge is 0.166 e. The van der Waals surface area contributed by atoms with E-state index in [-0.39, 0.29) is 0 Å². The molecule has 0 spiro atoms. The van der Waals surface area contributed by atoms with Gasteiger partial charge in [-0.2, -0.15) is 0 Å². The Bertz CT molecular complexity index is 728. The third-order valence-electron chi connectivity index (χ3n) is 6.22. The topological polar surface area (TPSA) is 0 Å². The molecule has 2 aliphatic rings. The molecule has 134 valence electrons. The highest BCUT2D eigenvalue weighted by Crippen LogP contribution is 2.42. The molecule has 0 heterocycles. The maximum Gasteiger partial charge on any atom is 0.166 e. The summed E-state index contributed by atoms with van der Waals surface area (Å²) in [5.41, 5.74) is 0. The molecule has 2 aliphatic carbocycles. The zero-order valence-electron chi connectivity index (χ0n) is 14.6. The number of halogens is 2. The van der Waals surface area contributed by atoms with Gasteiger partial charge in [0.1, 0.15) is 0 Å². The van der Waals surface area contributed by atoms with Crippen LogP contribution in [0.4, 0.5) is 8.78 Å². The van der Waals surface area contributed by atoms with Gasteiger partial charge in [-0.15, -0.1) is 11.8 Å². The Kier molecular flexibility index (Phi) is 5.30. The van der Waals surface area contributed by atoms with Crippen molar-refractivity contribution >= 4 is 22.5 Å². The molecule has 0 N–H and O–H groups in total. The van der Waals surface area contributed by atoms with Gasteiger partial charge in [0.15, 0.2) is 11.6 Å². The van der Waals surface area contributed by atoms with Crippen molar-refractivity contribution < 1.29 is 8.78 Å². The summed E-state index contributed by atoms with van der Waals surface area (Å²) >= 11 is 1.85. The summed E-state index contributed by atoms with van der Waals surface area (Å²) in [6.07, 6.45) is 12.4. The zero-order valence-corrected chi connectivity index (χ0v) is 15.5. The molecule has 0 nitrogen and oxygen atoms in total. The van der Waals surface area contributed by atoms with Crippen LogP contribution in [0.1, 0.15) is 57.8 Å². The van der Waals surface area contributed by atoms with E-state index in [0.717, 1.165) is 22.1 Å². The van der Waals surface area contributed by atoms with Crippen molar-refractivity contribution in [2.45, 2.75) is 67.9 Å². The first-order valence-corrected chi connectivity index (χ1v) is 10.6. The van der Waals surface area contributed by atoms with E-state index in [4.69, 9.17) is 0 Å². The zero-order chi connectivity index (χ0) is 17.2. The molecule has 3 heteroatoms. The highest BCUT2D eigenvalue weighted by atomic mass is 32.2. The van der Waals surface area contributed by atoms with E-state index < -0.39 is 11.6 Å². The van der Waals surface area contributed by atoms with Crippen molar-refractivity contribution in [3.63, 3.8) is 0 Å². The van der Waals surface area contributed by atoms with Gasteiger partial charge >= 0.3 is 0 Å². The number of thioether (sulfide) groups is 1. The Morgan fingerprint density at radius 1 is 0.760 bits per heavy atom. The third kappa shape index (κ3) is 3.86. The minimum Gasteiger partial charge on any atom is -0.204 e. The third-order valence-corrected chi connectivity index (χ3v) is 7.55. The average Bonchev–Trinajstić information content (AvgIpc) is 2.66. The molecular weight excluding hydrogens is 334 g/mol. The maximum absolute atomic E-state index is 14.0. The van der Waals surface area contributed by atoms with Gasteiger partial charge in [-0.05, 0) is 61.1 Å². The van der Waals surface area contributed by atoms with Gasteiger partial charge in [-0.25, -0.2) is 8.78 Å². The molecule has 0 amide bonds. The Balaban J connectivity index is 1.40. The van der Waals surface area contributed by atoms with Crippen molar-refractivity contribution in [2.75, 3.05) is 0 Å². The molecule has 2 fully saturated rings. The standard InChI is InChI=1S/C22H26F2S/c23-21-13-9-17-8-12-19(14-20(17)22(21)24)25-18-10-6-16(7-11-18)15-4-2-1-3-5-15/h8-9,12-16,18H,1-7,10-11H2. The first kappa shape index (κ1) is 17.3. The molecule has 0 saturated heterocycles. The maximum atomic E-state index is 14.0. The highest BCUT2D eigenvalue weighted by molar-refractivity contribution is 8.00. The number of hydrogen-bond donors (Lipinski definition) is 0. The van der Waals surface area contributed by atoms with Crippen molar-refractivity contribution in [3.8, 4) is 0 Å². The highest BCUT2D eigenvalue weighted by Gasteiger charge is 2.28. The van der Waals surface area contributed by atoms with Gasteiger partial charge in [0.2, 0.25) is 0 Å². The van der Waals surface area contributed by atoms with Gasteiger partial charge in [0.25, 0.3) is 0 Å². The van der Waals surface area contributed by atoms with Gasteiger partial charge in [0.05, 0.1) is 0 Å². The van der Waals surface area contributed by atoms with Crippen LogP contribution >= 0.6 is 11.8 Å². The number of rotatable bonds is 3. The fourth-order valence-electron chi connectivity index (χ4n) is 4.78. The fraction of sp³-hybridized carbons (Fsp3) is 0.545. The van der Waals surface area contributed by atoms with E-state index in [9.17, 15) is 8.78 Å². The Hall–Kier alpha value is -1.09. The Morgan fingerprint density at radius 2 is 1.44 bits per heavy atom. The van der Waals surface area contributed by atoms with E-state index in [1.165, 1.54) is 63.9 Å². The van der Waals surface area contributed by atoms with E-state index in [1.807, 2.05) is 23.9 Å². The summed E-state index contributed by atoms with van der Waals surface area (Å²) in [7, 11) is 0. The minimum atomic E-state index is -0.761. The van der Waals surface area contributed by atoms with Gasteiger partial charge < -0.3 is 0 Å². The van der Waals surface area contributed by atoms with Crippen molar-refractivity contribution in [2.24, 2.45) is 11.8 Å². The van der Waals surface area contributed by atoms with Crippen molar-refractivity contribution in [3.05, 3.63) is 42.0 Å². The molecule has 0 radical (unpaired) electrons. The summed E-state index contributed by atoms with van der Waals surface area (Å²) < 4.78 is 27.5. The molecule has 0 aromatic heterocycles. The molecule has 0 atom stereocenters. The normalized spacial score (nSPS) is 25.4. The summed E-state index contributed by atoms with van der Waals surface area (Å²) in [4.78, 5) is 1.07. The van der Waals surface area contributed by atoms with Crippen LogP contribution in [0.25, 0.3) is 10.8 Å². The summed E-state index contributed by atoms with van der Waals surface area (Å²) in [6, 6.07) is 8.64. The lowest BCUT2D eigenvalue weighted by atomic mass is 9.73. The number of fused-ring (bicyclic) bond motifs is 1. The molecule has 0 bridgehead atoms. The lowest BCUT2D eigenvalue weighted by molar-refractivity contribution is 0.198. The second kappa shape index (κ2) is 7.65. The van der Waals surface area contributed by atoms with E-state index in [2.05, 4.69) is 6.07 Å². The fourth-order valence-corrected chi connectivity index (χ4v) is 6.01. The largest absolute Gasteiger partial charge is 0.204 e. The lowest BCUT2D eigenvalue weighted by Crippen LogP contribution is -2.24. The molecule has 2 aromatic carbocycles. The molecular formula is C22H26F2S. The van der Waals surface area contributed by atoms with Crippen LogP contribution in [0.3, 0.4) is 0 Å². The molecule has 0 unspecified atom stereocenters. The van der Waals surface area contributed by atoms with Crippen LogP contribution < -0.4 is 0 Å². The van der Waals surface area contributed by atoms with E-state index in [0.29, 0.717) is 10.6 Å². The number of benzene rings is 2. The molecule has 25 heavy (non-hydrogen) atoms. The summed E-state index contributed by atoms with van der Waals surface area (Å²) in [6.45, 7) is 0. The van der Waals surface area contributed by atoms with E-state index in [1.54, 1.807) is 6.07 Å². The first-order chi connectivity index (χ1) is 12.2. The minimum absolute atomic E-state index is 0.404. The SMILES string of the molecule is Fc1ccc2ccc(SC3CCC(C4CCCCC4)CC3)cc2c1F. The first-order valence-electron chi connectivity index (χ1n) is 9.75. The van der Waals surface area contributed by atoms with Gasteiger partial charge in [0, 0.05) is 15.5 Å². The van der Waals surface area contributed by atoms with Crippen molar-refractivity contribution in [1.82, 2.24) is 0 Å². The number of hydrogen-bond acceptors (Lipinski definition) is 1. The predicted octanol–water partition coefficient (Wildman–Crippen LogP) is 7.35. The summed E-state index contributed by atoms with van der Waals surface area (Å²) in [5.74, 6) is 0.418. The second-order valence-electron chi connectivity index (χ2n) is 7.80. The molecule has 2 aromatic rings. The Labute approximate surface area is 153 Å². The quantitative estimate of drug-likeness (QED) is 0.551. The molecule has 4 rings (SSSR count). The van der Waals surface area contributed by atoms with Gasteiger partial charge in [-0.3, -0.25) is 0 Å². The second-order valence-corrected chi connectivity index (χ2v) is 9.17. The van der Waals surface area contributed by atoms with Crippen LogP contribution in [-0.4, -0.2) is 5.25 Å². The van der Waals surface area contributed by atoms with Crippen LogP contribution in [0.2, 0.25) is 0 Å². The van der Waals surface area contributed by atoms with Crippen LogP contribution in [0.15, 0.2) is 35.2 Å². The average molecular weight is 361 g/mol. The van der Waals surface area contributed by atoms with Crippen LogP contribution in [0, 0.1) is 23.5 Å². The van der Waals surface area contributed by atoms with Gasteiger partial charge in [-0.1, -0.05) is 44.2 Å². The summed E-state index contributed by atoms with van der Waals surface area (Å²) in [5, 5.41) is 1.79. The monoisotopic (exact) mass is 360 g/mol. The molecule has 2 saturated carbocycles. The molecule has 0 aliphatic heterocycles. The lowest BCUT2D eigenvalue weighted by Gasteiger charge is -2.35. The van der Waals surface area contributed by atoms with Crippen molar-refractivity contribution in [1.29, 1.82) is 0 Å². The predicted molar refractivity (Wildman–Crippen MR) is 102 cm³/mol.